The van der Waals surface area contributed by atoms with Crippen molar-refractivity contribution in [1.82, 2.24) is 10.2 Å². The maximum atomic E-state index is 12.2. The number of hydrogen-bond acceptors (Lipinski definition) is 4. The number of methoxy groups -OCH3 is 1. The Kier molecular flexibility index (Phi) is 5.44. The Labute approximate surface area is 126 Å². The zero-order chi connectivity index (χ0) is 15.2. The van der Waals surface area contributed by atoms with Crippen LogP contribution in [0.2, 0.25) is 0 Å². The van der Waals surface area contributed by atoms with Crippen molar-refractivity contribution in [3.8, 4) is 5.75 Å². The van der Waals surface area contributed by atoms with Gasteiger partial charge in [-0.25, -0.2) is 0 Å². The molecule has 1 fully saturated rings. The number of carbonyl (C=O) groups is 1. The highest BCUT2D eigenvalue weighted by Gasteiger charge is 2.17. The molecule has 1 heterocycles. The first kappa shape index (κ1) is 15.6. The molecule has 1 aliphatic rings. The first-order valence-electron chi connectivity index (χ1n) is 7.57. The maximum absolute atomic E-state index is 12.2. The second-order valence-corrected chi connectivity index (χ2v) is 5.65. The lowest BCUT2D eigenvalue weighted by atomic mass is 10.1. The van der Waals surface area contributed by atoms with Crippen LogP contribution in [0.4, 0.5) is 5.69 Å². The van der Waals surface area contributed by atoms with Gasteiger partial charge in [-0.15, -0.1) is 0 Å². The number of nitrogen functional groups attached to an aromatic ring is 1. The summed E-state index contributed by atoms with van der Waals surface area (Å²) in [7, 11) is 1.56. The summed E-state index contributed by atoms with van der Waals surface area (Å²) in [5.41, 5.74) is 6.85. The van der Waals surface area contributed by atoms with Crippen LogP contribution < -0.4 is 15.8 Å². The minimum absolute atomic E-state index is 0.107. The minimum atomic E-state index is -0.107. The number of ether oxygens (including phenoxy) is 1. The number of amides is 1. The molecule has 1 aromatic rings. The Morgan fingerprint density at radius 1 is 1.33 bits per heavy atom. The number of nitrogens with one attached hydrogen (secondary N) is 1. The quantitative estimate of drug-likeness (QED) is 0.813. The molecule has 0 saturated carbocycles. The highest BCUT2D eigenvalue weighted by molar-refractivity contribution is 5.95. The van der Waals surface area contributed by atoms with Gasteiger partial charge in [0.1, 0.15) is 5.75 Å². The van der Waals surface area contributed by atoms with Gasteiger partial charge in [-0.3, -0.25) is 9.69 Å². The van der Waals surface area contributed by atoms with Gasteiger partial charge in [0.2, 0.25) is 0 Å². The molecular weight excluding hydrogens is 266 g/mol. The highest BCUT2D eigenvalue weighted by Crippen LogP contribution is 2.18. The summed E-state index contributed by atoms with van der Waals surface area (Å²) in [4.78, 5) is 14.6. The van der Waals surface area contributed by atoms with E-state index in [9.17, 15) is 4.79 Å². The van der Waals surface area contributed by atoms with Gasteiger partial charge < -0.3 is 15.8 Å². The Morgan fingerprint density at radius 3 is 2.71 bits per heavy atom. The predicted molar refractivity (Wildman–Crippen MR) is 84.6 cm³/mol. The number of benzene rings is 1. The first-order valence-corrected chi connectivity index (χ1v) is 7.57. The largest absolute Gasteiger partial charge is 0.497 e. The monoisotopic (exact) mass is 291 g/mol. The fraction of sp³-hybridized carbons (Fsp3) is 0.562. The van der Waals surface area contributed by atoms with Gasteiger partial charge in [-0.2, -0.15) is 0 Å². The van der Waals surface area contributed by atoms with E-state index in [1.165, 1.54) is 19.3 Å². The van der Waals surface area contributed by atoms with Gasteiger partial charge in [0.15, 0.2) is 0 Å². The molecule has 5 nitrogen and oxygen atoms in total. The molecule has 0 aliphatic carbocycles. The Balaban J connectivity index is 1.90. The molecule has 1 aromatic carbocycles. The topological polar surface area (TPSA) is 67.6 Å². The van der Waals surface area contributed by atoms with Crippen molar-refractivity contribution in [3.05, 3.63) is 23.8 Å². The Morgan fingerprint density at radius 2 is 2.05 bits per heavy atom. The summed E-state index contributed by atoms with van der Waals surface area (Å²) in [6.07, 6.45) is 3.83. The van der Waals surface area contributed by atoms with Crippen molar-refractivity contribution in [2.75, 3.05) is 32.5 Å². The fourth-order valence-corrected chi connectivity index (χ4v) is 2.70. The molecule has 1 unspecified atom stereocenters. The van der Waals surface area contributed by atoms with Crippen LogP contribution in [-0.2, 0) is 0 Å². The molecule has 0 bridgehead atoms. The van der Waals surface area contributed by atoms with Crippen molar-refractivity contribution >= 4 is 11.6 Å². The van der Waals surface area contributed by atoms with E-state index in [1.54, 1.807) is 25.3 Å². The summed E-state index contributed by atoms with van der Waals surface area (Å²) in [5, 5.41) is 2.98. The number of hydrogen-bond donors (Lipinski definition) is 2. The fourth-order valence-electron chi connectivity index (χ4n) is 2.70. The molecule has 1 saturated heterocycles. The molecule has 116 valence electrons. The lowest BCUT2D eigenvalue weighted by Gasteiger charge is -2.32. The lowest BCUT2D eigenvalue weighted by Crippen LogP contribution is -2.44. The van der Waals surface area contributed by atoms with Gasteiger partial charge in [0, 0.05) is 29.9 Å². The molecule has 5 heteroatoms. The molecule has 0 aromatic heterocycles. The van der Waals surface area contributed by atoms with E-state index in [0.29, 0.717) is 29.6 Å². The van der Waals surface area contributed by atoms with Crippen LogP contribution in [0.15, 0.2) is 18.2 Å². The highest BCUT2D eigenvalue weighted by atomic mass is 16.5. The summed E-state index contributed by atoms with van der Waals surface area (Å²) in [6, 6.07) is 5.44. The molecule has 0 radical (unpaired) electrons. The van der Waals surface area contributed by atoms with Gasteiger partial charge >= 0.3 is 0 Å². The summed E-state index contributed by atoms with van der Waals surface area (Å²) in [5.74, 6) is 0.494. The summed E-state index contributed by atoms with van der Waals surface area (Å²) < 4.78 is 5.14. The number of rotatable bonds is 5. The number of nitrogens with two attached hydrogens (primary N) is 1. The molecule has 3 N–H and O–H groups in total. The number of anilines is 1. The third kappa shape index (κ3) is 4.36. The molecule has 1 amide bonds. The van der Waals surface area contributed by atoms with Crippen LogP contribution in [0.3, 0.4) is 0 Å². The Bertz CT molecular complexity index is 484. The van der Waals surface area contributed by atoms with Crippen LogP contribution in [0.25, 0.3) is 0 Å². The van der Waals surface area contributed by atoms with Gasteiger partial charge in [-0.05, 0) is 45.0 Å². The number of carbonyl (C=O) groups excluding carboxylic acids is 1. The van der Waals surface area contributed by atoms with E-state index >= 15 is 0 Å². The van der Waals surface area contributed by atoms with Gasteiger partial charge in [0.25, 0.3) is 5.91 Å². The van der Waals surface area contributed by atoms with Crippen molar-refractivity contribution in [3.63, 3.8) is 0 Å². The molecule has 2 rings (SSSR count). The summed E-state index contributed by atoms with van der Waals surface area (Å²) >= 11 is 0. The molecule has 1 atom stereocenters. The average Bonchev–Trinajstić information content (AvgIpc) is 2.52. The SMILES string of the molecule is COc1cc(N)cc(C(=O)NCC(C)N2CCCCC2)c1. The first-order chi connectivity index (χ1) is 10.1. The zero-order valence-corrected chi connectivity index (χ0v) is 12.9. The van der Waals surface area contributed by atoms with Crippen LogP contribution in [-0.4, -0.2) is 43.6 Å². The smallest absolute Gasteiger partial charge is 0.251 e. The third-order valence-electron chi connectivity index (χ3n) is 4.00. The normalized spacial score (nSPS) is 17.2. The van der Waals surface area contributed by atoms with E-state index < -0.39 is 0 Å². The summed E-state index contributed by atoms with van der Waals surface area (Å²) in [6.45, 7) is 5.06. The second kappa shape index (κ2) is 7.31. The van der Waals surface area contributed by atoms with Gasteiger partial charge in [0.05, 0.1) is 7.11 Å². The Hall–Kier alpha value is -1.75. The maximum Gasteiger partial charge on any atom is 0.251 e. The van der Waals surface area contributed by atoms with Crippen molar-refractivity contribution in [2.24, 2.45) is 0 Å². The lowest BCUT2D eigenvalue weighted by molar-refractivity contribution is 0.0929. The van der Waals surface area contributed by atoms with Crippen molar-refractivity contribution in [2.45, 2.75) is 32.2 Å². The van der Waals surface area contributed by atoms with Crippen LogP contribution in [0.5, 0.6) is 5.75 Å². The van der Waals surface area contributed by atoms with Crippen LogP contribution in [0, 0.1) is 0 Å². The molecular formula is C16H25N3O2. The third-order valence-corrected chi connectivity index (χ3v) is 4.00. The van der Waals surface area contributed by atoms with Crippen molar-refractivity contribution in [1.29, 1.82) is 0 Å². The molecule has 21 heavy (non-hydrogen) atoms. The molecule has 0 spiro atoms. The average molecular weight is 291 g/mol. The van der Waals surface area contributed by atoms with Crippen molar-refractivity contribution < 1.29 is 9.53 Å². The van der Waals surface area contributed by atoms with E-state index in [1.807, 2.05) is 0 Å². The zero-order valence-electron chi connectivity index (χ0n) is 12.9. The second-order valence-electron chi connectivity index (χ2n) is 5.65. The number of piperidine rings is 1. The van der Waals surface area contributed by atoms with Crippen LogP contribution >= 0.6 is 0 Å². The van der Waals surface area contributed by atoms with Crippen LogP contribution in [0.1, 0.15) is 36.5 Å². The number of likely N-dealkylation sites (tertiary alicyclic amines) is 1. The standard InChI is InChI=1S/C16H25N3O2/c1-12(19-6-4-3-5-7-19)11-18-16(20)13-8-14(17)10-15(9-13)21-2/h8-10,12H,3-7,11,17H2,1-2H3,(H,18,20). The van der Waals surface area contributed by atoms with E-state index in [-0.39, 0.29) is 5.91 Å². The molecule has 1 aliphatic heterocycles. The number of nitrogens with zero attached hydrogens (tertiary/aromatic N) is 1. The minimum Gasteiger partial charge on any atom is -0.497 e. The van der Waals surface area contributed by atoms with Gasteiger partial charge in [-0.1, -0.05) is 6.42 Å². The van der Waals surface area contributed by atoms with E-state index in [4.69, 9.17) is 10.5 Å². The van der Waals surface area contributed by atoms with E-state index in [0.717, 1.165) is 13.1 Å². The van der Waals surface area contributed by atoms with E-state index in [2.05, 4.69) is 17.1 Å². The predicted octanol–water partition coefficient (Wildman–Crippen LogP) is 1.88.